The number of rotatable bonds is 46. The van der Waals surface area contributed by atoms with Gasteiger partial charge < -0.3 is 14.2 Å². The summed E-state index contributed by atoms with van der Waals surface area (Å²) in [6.07, 6.45) is 78.5. The molecule has 0 aromatic carbocycles. The molecule has 380 valence electrons. The Balaban J connectivity index is 4.44. The van der Waals surface area contributed by atoms with Crippen molar-refractivity contribution in [3.05, 3.63) is 146 Å². The first-order valence-electron chi connectivity index (χ1n) is 26.8. The molecule has 0 aliphatic rings. The molecule has 6 nitrogen and oxygen atoms in total. The van der Waals surface area contributed by atoms with Crippen molar-refractivity contribution in [2.75, 3.05) is 13.2 Å². The van der Waals surface area contributed by atoms with Crippen LogP contribution < -0.4 is 0 Å². The Labute approximate surface area is 417 Å². The Kier molecular flexibility index (Phi) is 51.1. The number of carbonyl (C=O) groups excluding carboxylic acids is 3. The molecule has 0 saturated heterocycles. The van der Waals surface area contributed by atoms with Crippen LogP contribution in [0.3, 0.4) is 0 Å². The number of unbranched alkanes of at least 4 members (excludes halogenated alkanes) is 11. The number of allylic oxidation sites excluding steroid dienone is 24. The molecule has 0 aromatic rings. The molecule has 0 spiro atoms. The lowest BCUT2D eigenvalue weighted by Gasteiger charge is -2.18. The van der Waals surface area contributed by atoms with Gasteiger partial charge in [-0.3, -0.25) is 14.4 Å². The Morgan fingerprint density at radius 2 is 0.588 bits per heavy atom. The summed E-state index contributed by atoms with van der Waals surface area (Å²) in [5, 5.41) is 0. The standard InChI is InChI=1S/C62H96O6/c1-4-7-10-13-16-19-21-23-25-27-28-29-30-31-32-33-34-36-37-39-41-43-46-49-52-55-61(64)67-58-59(57-66-60(63)54-51-48-45-18-15-12-9-6-3)68-62(65)56-53-50-47-44-42-40-38-35-26-24-22-20-17-14-11-8-5-2/h7-8,10-11,16-17,19-20,23-26,28-29,31-32,34,36,38-41,44,47,59H,4-6,9,12-15,18,21-22,27,30,33,35,37,42-43,45-46,48-58H2,1-3H3/b10-7-,11-8-,19-16-,20-17-,25-23-,26-24-,29-28-,32-31-,36-34-,40-38-,41-39-,47-44-. The molecular formula is C62H96O6. The second-order valence-electron chi connectivity index (χ2n) is 17.0. The van der Waals surface area contributed by atoms with Gasteiger partial charge in [0.15, 0.2) is 6.10 Å². The second kappa shape index (κ2) is 54.9. The van der Waals surface area contributed by atoms with E-state index in [9.17, 15) is 14.4 Å². The first-order chi connectivity index (χ1) is 33.5. The molecule has 0 aliphatic heterocycles. The highest BCUT2D eigenvalue weighted by Gasteiger charge is 2.19. The van der Waals surface area contributed by atoms with E-state index in [1.807, 2.05) is 0 Å². The average molecular weight is 937 g/mol. The van der Waals surface area contributed by atoms with Gasteiger partial charge >= 0.3 is 17.9 Å². The zero-order valence-electron chi connectivity index (χ0n) is 43.3. The second-order valence-corrected chi connectivity index (χ2v) is 17.0. The number of hydrogen-bond acceptors (Lipinski definition) is 6. The normalized spacial score (nSPS) is 13.3. The highest BCUT2D eigenvalue weighted by molar-refractivity contribution is 5.71. The number of esters is 3. The SMILES string of the molecule is CC/C=C\C/C=C\C/C=C\C/C=C\C/C=C\C/C=C\C/C=C\CCCCCC(=O)OCC(COC(=O)CCCCCCCCCC)OC(=O)CCC/C=C\C/C=C\C/C=C\C/C=C\C/C=C\CC. The van der Waals surface area contributed by atoms with Crippen LogP contribution in [0.5, 0.6) is 0 Å². The molecule has 0 saturated carbocycles. The van der Waals surface area contributed by atoms with Crippen molar-refractivity contribution in [1.82, 2.24) is 0 Å². The van der Waals surface area contributed by atoms with Crippen molar-refractivity contribution in [2.24, 2.45) is 0 Å². The fourth-order valence-corrected chi connectivity index (χ4v) is 6.63. The summed E-state index contributed by atoms with van der Waals surface area (Å²) < 4.78 is 16.7. The minimum absolute atomic E-state index is 0.117. The molecule has 0 bridgehead atoms. The maximum atomic E-state index is 12.8. The highest BCUT2D eigenvalue weighted by atomic mass is 16.6. The Morgan fingerprint density at radius 3 is 0.941 bits per heavy atom. The highest BCUT2D eigenvalue weighted by Crippen LogP contribution is 2.12. The van der Waals surface area contributed by atoms with Gasteiger partial charge in [0.25, 0.3) is 0 Å². The van der Waals surface area contributed by atoms with Crippen LogP contribution in [0, 0.1) is 0 Å². The van der Waals surface area contributed by atoms with Gasteiger partial charge in [0.1, 0.15) is 13.2 Å². The minimum atomic E-state index is -0.825. The fourth-order valence-electron chi connectivity index (χ4n) is 6.63. The van der Waals surface area contributed by atoms with Crippen LogP contribution in [-0.4, -0.2) is 37.2 Å². The van der Waals surface area contributed by atoms with Crippen LogP contribution in [0.1, 0.15) is 207 Å². The van der Waals surface area contributed by atoms with E-state index in [1.165, 1.54) is 32.1 Å². The van der Waals surface area contributed by atoms with E-state index in [-0.39, 0.29) is 37.5 Å². The molecule has 0 aromatic heterocycles. The van der Waals surface area contributed by atoms with Gasteiger partial charge in [0.2, 0.25) is 0 Å². The van der Waals surface area contributed by atoms with Crippen LogP contribution in [0.2, 0.25) is 0 Å². The number of ether oxygens (including phenoxy) is 3. The van der Waals surface area contributed by atoms with E-state index < -0.39 is 6.10 Å². The Bertz CT molecular complexity index is 1540. The number of carbonyl (C=O) groups is 3. The lowest BCUT2D eigenvalue weighted by Crippen LogP contribution is -2.30. The maximum Gasteiger partial charge on any atom is 0.306 e. The van der Waals surface area contributed by atoms with E-state index in [4.69, 9.17) is 14.2 Å². The van der Waals surface area contributed by atoms with Crippen molar-refractivity contribution >= 4 is 17.9 Å². The van der Waals surface area contributed by atoms with Crippen LogP contribution in [0.15, 0.2) is 146 Å². The summed E-state index contributed by atoms with van der Waals surface area (Å²) in [4.78, 5) is 37.9. The van der Waals surface area contributed by atoms with E-state index in [2.05, 4.69) is 167 Å². The summed E-state index contributed by atoms with van der Waals surface area (Å²) >= 11 is 0. The van der Waals surface area contributed by atoms with E-state index in [0.29, 0.717) is 19.3 Å². The summed E-state index contributed by atoms with van der Waals surface area (Å²) in [5.74, 6) is -1.03. The first kappa shape index (κ1) is 63.3. The third kappa shape index (κ3) is 52.3. The molecular weight excluding hydrogens is 841 g/mol. The van der Waals surface area contributed by atoms with Crippen LogP contribution in [0.4, 0.5) is 0 Å². The van der Waals surface area contributed by atoms with Crippen molar-refractivity contribution in [2.45, 2.75) is 213 Å². The molecule has 0 heterocycles. The summed E-state index contributed by atoms with van der Waals surface area (Å²) in [6, 6.07) is 0. The fraction of sp³-hybridized carbons (Fsp3) is 0.565. The predicted molar refractivity (Wildman–Crippen MR) is 292 cm³/mol. The Morgan fingerprint density at radius 1 is 0.309 bits per heavy atom. The van der Waals surface area contributed by atoms with Crippen molar-refractivity contribution in [1.29, 1.82) is 0 Å². The van der Waals surface area contributed by atoms with Gasteiger partial charge in [-0.05, 0) is 116 Å². The van der Waals surface area contributed by atoms with Gasteiger partial charge in [-0.1, -0.05) is 218 Å². The van der Waals surface area contributed by atoms with Crippen LogP contribution in [-0.2, 0) is 28.6 Å². The predicted octanol–water partition coefficient (Wildman–Crippen LogP) is 18.0. The third-order valence-electron chi connectivity index (χ3n) is 10.6. The Hall–Kier alpha value is -4.71. The van der Waals surface area contributed by atoms with Crippen LogP contribution in [0.25, 0.3) is 0 Å². The van der Waals surface area contributed by atoms with E-state index in [1.54, 1.807) is 0 Å². The molecule has 1 unspecified atom stereocenters. The lowest BCUT2D eigenvalue weighted by molar-refractivity contribution is -0.167. The maximum absolute atomic E-state index is 12.8. The smallest absolute Gasteiger partial charge is 0.306 e. The first-order valence-corrected chi connectivity index (χ1v) is 26.8. The van der Waals surface area contributed by atoms with Crippen LogP contribution >= 0.6 is 0 Å². The van der Waals surface area contributed by atoms with Crippen molar-refractivity contribution in [3.63, 3.8) is 0 Å². The van der Waals surface area contributed by atoms with E-state index >= 15 is 0 Å². The third-order valence-corrected chi connectivity index (χ3v) is 10.6. The summed E-state index contributed by atoms with van der Waals surface area (Å²) in [5.41, 5.74) is 0. The van der Waals surface area contributed by atoms with Gasteiger partial charge in [-0.15, -0.1) is 0 Å². The van der Waals surface area contributed by atoms with Gasteiger partial charge in [0.05, 0.1) is 0 Å². The number of hydrogen-bond donors (Lipinski definition) is 0. The molecule has 0 aliphatic carbocycles. The average Bonchev–Trinajstić information content (AvgIpc) is 3.34. The van der Waals surface area contributed by atoms with E-state index in [0.717, 1.165) is 128 Å². The minimum Gasteiger partial charge on any atom is -0.462 e. The lowest BCUT2D eigenvalue weighted by atomic mass is 10.1. The monoisotopic (exact) mass is 937 g/mol. The molecule has 0 N–H and O–H groups in total. The molecule has 6 heteroatoms. The largest absolute Gasteiger partial charge is 0.462 e. The topological polar surface area (TPSA) is 78.9 Å². The molecule has 0 rings (SSSR count). The molecule has 0 amide bonds. The molecule has 1 atom stereocenters. The molecule has 0 radical (unpaired) electrons. The van der Waals surface area contributed by atoms with Gasteiger partial charge in [-0.2, -0.15) is 0 Å². The molecule has 0 fully saturated rings. The summed E-state index contributed by atoms with van der Waals surface area (Å²) in [7, 11) is 0. The van der Waals surface area contributed by atoms with Crippen molar-refractivity contribution in [3.8, 4) is 0 Å². The zero-order chi connectivity index (χ0) is 49.3. The quantitative estimate of drug-likeness (QED) is 0.0262. The van der Waals surface area contributed by atoms with Gasteiger partial charge in [0, 0.05) is 19.3 Å². The summed E-state index contributed by atoms with van der Waals surface area (Å²) in [6.45, 7) is 6.28. The van der Waals surface area contributed by atoms with Gasteiger partial charge in [-0.25, -0.2) is 0 Å². The van der Waals surface area contributed by atoms with Crippen molar-refractivity contribution < 1.29 is 28.6 Å². The zero-order valence-corrected chi connectivity index (χ0v) is 43.3. The molecule has 68 heavy (non-hydrogen) atoms.